The number of nitrogens with zero attached hydrogens (tertiary/aromatic N) is 5. The molecule has 4 rings (SSSR count). The molecule has 130 valence electrons. The predicted molar refractivity (Wildman–Crippen MR) is 82.2 cm³/mol. The summed E-state index contributed by atoms with van der Waals surface area (Å²) in [6.45, 7) is 4.04. The van der Waals surface area contributed by atoms with Crippen molar-refractivity contribution in [1.82, 2.24) is 19.7 Å². The molecule has 0 radical (unpaired) electrons. The fraction of sp³-hybridized carbons (Fsp3) is 0.375. The number of aromatic nitrogens is 3. The molecule has 25 heavy (non-hydrogen) atoms. The first kappa shape index (κ1) is 15.9. The molecule has 0 N–H and O–H groups in total. The first-order valence-corrected chi connectivity index (χ1v) is 7.76. The molecule has 0 bridgehead atoms. The molecule has 1 aromatic heterocycles. The highest BCUT2D eigenvalue weighted by atomic mass is 19.4. The Hall–Kier alpha value is -2.55. The van der Waals surface area contributed by atoms with Gasteiger partial charge in [-0.25, -0.2) is 4.99 Å². The lowest BCUT2D eigenvalue weighted by molar-refractivity contribution is -0.137. The third-order valence-corrected chi connectivity index (χ3v) is 4.51. The van der Waals surface area contributed by atoms with Crippen molar-refractivity contribution >= 4 is 12.1 Å². The van der Waals surface area contributed by atoms with E-state index in [1.807, 2.05) is 16.4 Å². The van der Waals surface area contributed by atoms with Gasteiger partial charge >= 0.3 is 6.18 Å². The van der Waals surface area contributed by atoms with Gasteiger partial charge < -0.3 is 4.57 Å². The first-order chi connectivity index (χ1) is 11.8. The summed E-state index contributed by atoms with van der Waals surface area (Å²) >= 11 is 0. The van der Waals surface area contributed by atoms with Gasteiger partial charge in [-0.2, -0.15) is 13.2 Å². The highest BCUT2D eigenvalue weighted by Gasteiger charge is 2.37. The SMILES string of the molecule is Cc1nnc2n1CCN(Cc1cc3c(c(C(F)(F)F)c1)C=NC3=O)C2. The second-order valence-electron chi connectivity index (χ2n) is 6.19. The predicted octanol–water partition coefficient (Wildman–Crippen LogP) is 2.19. The Bertz CT molecular complexity index is 900. The summed E-state index contributed by atoms with van der Waals surface area (Å²) in [4.78, 5) is 17.2. The molecule has 0 aliphatic carbocycles. The highest BCUT2D eigenvalue weighted by molar-refractivity contribution is 6.13. The zero-order valence-electron chi connectivity index (χ0n) is 13.3. The Kier molecular flexibility index (Phi) is 3.50. The van der Waals surface area contributed by atoms with Crippen LogP contribution in [0.15, 0.2) is 17.1 Å². The number of carbonyl (C=O) groups excluding carboxylic acids is 1. The van der Waals surface area contributed by atoms with E-state index in [-0.39, 0.29) is 11.1 Å². The van der Waals surface area contributed by atoms with E-state index in [1.165, 1.54) is 6.07 Å². The van der Waals surface area contributed by atoms with Crippen LogP contribution in [0.4, 0.5) is 13.2 Å². The Morgan fingerprint density at radius 2 is 2.00 bits per heavy atom. The molecule has 3 heterocycles. The minimum absolute atomic E-state index is 0.0147. The van der Waals surface area contributed by atoms with E-state index in [0.29, 0.717) is 31.7 Å². The molecule has 1 aromatic carbocycles. The topological polar surface area (TPSA) is 63.4 Å². The lowest BCUT2D eigenvalue weighted by atomic mass is 9.98. The van der Waals surface area contributed by atoms with Crippen molar-refractivity contribution in [2.24, 2.45) is 4.99 Å². The van der Waals surface area contributed by atoms with Crippen LogP contribution in [0.1, 0.15) is 38.7 Å². The zero-order chi connectivity index (χ0) is 17.8. The van der Waals surface area contributed by atoms with E-state index in [9.17, 15) is 18.0 Å². The average Bonchev–Trinajstić information content (AvgIpc) is 3.10. The summed E-state index contributed by atoms with van der Waals surface area (Å²) in [5.41, 5.74) is -0.503. The molecule has 1 amide bonds. The standard InChI is InChI=1S/C16H14F3N5O/c1-9-21-22-14-8-23(2-3-24(9)14)7-10-4-11-12(6-20-15(11)25)13(5-10)16(17,18)19/h4-6H,2-3,7-8H2,1H3. The Morgan fingerprint density at radius 3 is 2.76 bits per heavy atom. The van der Waals surface area contributed by atoms with Crippen LogP contribution in [-0.4, -0.2) is 38.3 Å². The second-order valence-corrected chi connectivity index (χ2v) is 6.19. The van der Waals surface area contributed by atoms with Gasteiger partial charge in [-0.15, -0.1) is 10.2 Å². The summed E-state index contributed by atoms with van der Waals surface area (Å²) in [6.07, 6.45) is -3.54. The van der Waals surface area contributed by atoms with Crippen LogP contribution in [0.25, 0.3) is 0 Å². The van der Waals surface area contributed by atoms with E-state index in [1.54, 1.807) is 0 Å². The first-order valence-electron chi connectivity index (χ1n) is 7.76. The van der Waals surface area contributed by atoms with Crippen LogP contribution in [0, 0.1) is 6.92 Å². The number of halogens is 3. The van der Waals surface area contributed by atoms with E-state index in [0.717, 1.165) is 23.9 Å². The van der Waals surface area contributed by atoms with Crippen LogP contribution in [0.3, 0.4) is 0 Å². The minimum atomic E-state index is -4.53. The van der Waals surface area contributed by atoms with Gasteiger partial charge in [-0.3, -0.25) is 9.69 Å². The second kappa shape index (κ2) is 5.48. The Balaban J connectivity index is 1.64. The van der Waals surface area contributed by atoms with Crippen LogP contribution in [-0.2, 0) is 25.8 Å². The van der Waals surface area contributed by atoms with Crippen LogP contribution >= 0.6 is 0 Å². The average molecular weight is 349 g/mol. The summed E-state index contributed by atoms with van der Waals surface area (Å²) in [7, 11) is 0. The summed E-state index contributed by atoms with van der Waals surface area (Å²) in [6, 6.07) is 2.61. The minimum Gasteiger partial charge on any atom is -0.313 e. The summed E-state index contributed by atoms with van der Waals surface area (Å²) < 4.78 is 42.0. The van der Waals surface area contributed by atoms with Crippen molar-refractivity contribution in [3.05, 3.63) is 46.0 Å². The molecule has 0 atom stereocenters. The molecular weight excluding hydrogens is 335 g/mol. The van der Waals surface area contributed by atoms with Crippen LogP contribution < -0.4 is 0 Å². The monoisotopic (exact) mass is 349 g/mol. The molecule has 6 nitrogen and oxygen atoms in total. The van der Waals surface area contributed by atoms with Gasteiger partial charge in [0.25, 0.3) is 5.91 Å². The van der Waals surface area contributed by atoms with Crippen molar-refractivity contribution in [2.75, 3.05) is 6.54 Å². The van der Waals surface area contributed by atoms with Crippen LogP contribution in [0.5, 0.6) is 0 Å². The fourth-order valence-corrected chi connectivity index (χ4v) is 3.29. The van der Waals surface area contributed by atoms with Gasteiger partial charge in [0.05, 0.1) is 17.7 Å². The maximum absolute atomic E-state index is 13.3. The van der Waals surface area contributed by atoms with Crippen molar-refractivity contribution in [3.63, 3.8) is 0 Å². The number of hydrogen-bond acceptors (Lipinski definition) is 4. The number of amides is 1. The van der Waals surface area contributed by atoms with Gasteiger partial charge in [-0.05, 0) is 24.6 Å². The third kappa shape index (κ3) is 2.74. The van der Waals surface area contributed by atoms with Crippen molar-refractivity contribution in [2.45, 2.75) is 32.7 Å². The lowest BCUT2D eigenvalue weighted by Crippen LogP contribution is -2.33. The highest BCUT2D eigenvalue weighted by Crippen LogP contribution is 2.35. The molecule has 2 aliphatic rings. The number of carbonyl (C=O) groups is 1. The molecule has 0 saturated carbocycles. The van der Waals surface area contributed by atoms with Gasteiger partial charge in [0.15, 0.2) is 0 Å². The van der Waals surface area contributed by atoms with Crippen molar-refractivity contribution in [3.8, 4) is 0 Å². The van der Waals surface area contributed by atoms with Gasteiger partial charge in [0.2, 0.25) is 0 Å². The van der Waals surface area contributed by atoms with Gasteiger partial charge in [-0.1, -0.05) is 0 Å². The normalized spacial score (nSPS) is 17.0. The molecule has 2 aromatic rings. The van der Waals surface area contributed by atoms with E-state index < -0.39 is 17.6 Å². The number of benzene rings is 1. The largest absolute Gasteiger partial charge is 0.417 e. The van der Waals surface area contributed by atoms with Gasteiger partial charge in [0, 0.05) is 31.4 Å². The quantitative estimate of drug-likeness (QED) is 0.834. The Labute approximate surface area is 141 Å². The Morgan fingerprint density at radius 1 is 1.20 bits per heavy atom. The van der Waals surface area contributed by atoms with E-state index >= 15 is 0 Å². The fourth-order valence-electron chi connectivity index (χ4n) is 3.29. The third-order valence-electron chi connectivity index (χ3n) is 4.51. The maximum atomic E-state index is 13.3. The molecule has 0 fully saturated rings. The maximum Gasteiger partial charge on any atom is 0.417 e. The lowest BCUT2D eigenvalue weighted by Gasteiger charge is -2.28. The van der Waals surface area contributed by atoms with E-state index in [4.69, 9.17) is 0 Å². The number of hydrogen-bond donors (Lipinski definition) is 0. The smallest absolute Gasteiger partial charge is 0.313 e. The molecule has 9 heteroatoms. The molecular formula is C16H14F3N5O. The number of aliphatic imine (C=N–C) groups is 1. The van der Waals surface area contributed by atoms with Crippen molar-refractivity contribution < 1.29 is 18.0 Å². The number of alkyl halides is 3. The molecule has 0 spiro atoms. The number of rotatable bonds is 2. The van der Waals surface area contributed by atoms with Gasteiger partial charge in [0.1, 0.15) is 11.6 Å². The van der Waals surface area contributed by atoms with E-state index in [2.05, 4.69) is 15.2 Å². The molecule has 2 aliphatic heterocycles. The zero-order valence-corrected chi connectivity index (χ0v) is 13.3. The van der Waals surface area contributed by atoms with Crippen LogP contribution in [0.2, 0.25) is 0 Å². The number of fused-ring (bicyclic) bond motifs is 2. The van der Waals surface area contributed by atoms with Crippen molar-refractivity contribution in [1.29, 1.82) is 0 Å². The molecule has 0 unspecified atom stereocenters. The number of aryl methyl sites for hydroxylation is 1. The molecule has 0 saturated heterocycles. The summed E-state index contributed by atoms with van der Waals surface area (Å²) in [5, 5.41) is 8.11. The summed E-state index contributed by atoms with van der Waals surface area (Å²) in [5.74, 6) is 0.992.